The Kier molecular flexibility index (Phi) is 14.3. The zero-order valence-electron chi connectivity index (χ0n) is 38.3. The minimum absolute atomic E-state index is 0.179. The molecule has 3 aromatic carbocycles. The van der Waals surface area contributed by atoms with Gasteiger partial charge in [0.05, 0.1) is 34.0 Å². The Hall–Kier alpha value is -5.61. The smallest absolute Gasteiger partial charge is 0.420 e. The molecule has 66 heavy (non-hydrogen) atoms. The van der Waals surface area contributed by atoms with E-state index in [-0.39, 0.29) is 18.7 Å². The predicted octanol–water partition coefficient (Wildman–Crippen LogP) is 7.24. The number of halogens is 1. The second-order valence-corrected chi connectivity index (χ2v) is 21.4. The van der Waals surface area contributed by atoms with Crippen molar-refractivity contribution in [1.82, 2.24) is 35.5 Å². The van der Waals surface area contributed by atoms with Gasteiger partial charge in [0, 0.05) is 73.0 Å². The lowest BCUT2D eigenvalue weighted by Gasteiger charge is -2.35. The first kappa shape index (κ1) is 46.9. The first-order valence-corrected chi connectivity index (χ1v) is 26.1. The van der Waals surface area contributed by atoms with Crippen LogP contribution in [-0.4, -0.2) is 90.5 Å². The fourth-order valence-corrected chi connectivity index (χ4v) is 10.9. The van der Waals surface area contributed by atoms with Gasteiger partial charge in [0.15, 0.2) is 5.58 Å². The number of nitrogens with one attached hydrogen (secondary N) is 5. The third-order valence-corrected chi connectivity index (χ3v) is 14.6. The van der Waals surface area contributed by atoms with Crippen molar-refractivity contribution >= 4 is 91.0 Å². The van der Waals surface area contributed by atoms with E-state index in [1.807, 2.05) is 43.3 Å². The monoisotopic (exact) mass is 980 g/mol. The number of hydrogen-bond acceptors (Lipinski definition) is 14. The molecule has 16 nitrogen and oxygen atoms in total. The minimum atomic E-state index is -2.74. The maximum Gasteiger partial charge on any atom is 0.420 e. The molecule has 1 unspecified atom stereocenters. The maximum atomic E-state index is 13.7. The van der Waals surface area contributed by atoms with E-state index in [4.69, 9.17) is 19.1 Å². The second kappa shape index (κ2) is 20.1. The largest absolute Gasteiger partial charge is 0.494 e. The van der Waals surface area contributed by atoms with E-state index >= 15 is 0 Å². The van der Waals surface area contributed by atoms with Crippen molar-refractivity contribution in [1.29, 1.82) is 0 Å². The SMILES string of the molecule is CCc1ccc2c(P(C)(C)=O)c(Nc3nc(Nc4cc(CC)c(N5CCC(NCCNCCc6cc(C)cc7c6oc(=O)n7C6CCC(=O)NC6=O)CC5)cc4OC)ncc3Br)ccc2n1. The molecule has 2 aliphatic rings. The number of pyridine rings is 1. The number of hydrogen-bond donors (Lipinski definition) is 5. The van der Waals surface area contributed by atoms with E-state index < -0.39 is 24.8 Å². The molecule has 0 saturated carbocycles. The van der Waals surface area contributed by atoms with Gasteiger partial charge in [-0.1, -0.05) is 26.0 Å². The van der Waals surface area contributed by atoms with Crippen LogP contribution < -0.4 is 47.3 Å². The average molecular weight is 982 g/mol. The standard InChI is InChI=1S/C48H58BrN10O6P/c1-7-29-25-37(55-47-52-27-34(49)45(57-47)54-36-12-11-35-33(44(36)66(5,6)63)10-9-31(8-2)53-35)41(64-4)26-39(29)58-21-16-32(17-22-58)51-20-19-50-18-15-30-23-28(3)24-40-43(30)65-48(62)59(40)38-13-14-42(60)56-46(38)61/h9-12,23-27,32,38,50-51H,7-8,13-22H2,1-6H3,(H,56,60,61)(H2,52,54,55,57). The van der Waals surface area contributed by atoms with Crippen molar-refractivity contribution in [3.8, 4) is 5.75 Å². The number of rotatable bonds is 17. The van der Waals surface area contributed by atoms with Gasteiger partial charge in [-0.3, -0.25) is 24.5 Å². The third kappa shape index (κ3) is 10.2. The van der Waals surface area contributed by atoms with Crippen LogP contribution in [0.2, 0.25) is 0 Å². The van der Waals surface area contributed by atoms with E-state index in [9.17, 15) is 18.9 Å². The fraction of sp³-hybridized carbons (Fsp3) is 0.417. The van der Waals surface area contributed by atoms with Crippen molar-refractivity contribution < 1.29 is 23.3 Å². The summed E-state index contributed by atoms with van der Waals surface area (Å²) in [4.78, 5) is 53.9. The highest BCUT2D eigenvalue weighted by Gasteiger charge is 2.32. The summed E-state index contributed by atoms with van der Waals surface area (Å²) in [6.45, 7) is 13.8. The lowest BCUT2D eigenvalue weighted by molar-refractivity contribution is -0.135. The Morgan fingerprint density at radius 2 is 1.73 bits per heavy atom. The van der Waals surface area contributed by atoms with E-state index in [1.54, 1.807) is 26.6 Å². The van der Waals surface area contributed by atoms with Crippen LogP contribution in [0.25, 0.3) is 22.0 Å². The third-order valence-electron chi connectivity index (χ3n) is 12.4. The van der Waals surface area contributed by atoms with Crippen molar-refractivity contribution in [3.63, 3.8) is 0 Å². The molecule has 3 aromatic heterocycles. The highest BCUT2D eigenvalue weighted by atomic mass is 79.9. The molecular weight excluding hydrogens is 923 g/mol. The van der Waals surface area contributed by atoms with Crippen LogP contribution in [-0.2, 0) is 33.4 Å². The molecule has 0 spiro atoms. The molecule has 5 N–H and O–H groups in total. The topological polar surface area (TPSA) is 198 Å². The summed E-state index contributed by atoms with van der Waals surface area (Å²) >= 11 is 3.62. The molecule has 348 valence electrons. The predicted molar refractivity (Wildman–Crippen MR) is 265 cm³/mol. The molecule has 0 aliphatic carbocycles. The average Bonchev–Trinajstić information content (AvgIpc) is 3.62. The van der Waals surface area contributed by atoms with Gasteiger partial charge in [-0.25, -0.2) is 9.78 Å². The number of nitrogens with zero attached hydrogens (tertiary/aromatic N) is 5. The molecule has 2 saturated heterocycles. The van der Waals surface area contributed by atoms with Crippen molar-refractivity contribution in [2.24, 2.45) is 0 Å². The van der Waals surface area contributed by atoms with Gasteiger partial charge in [-0.15, -0.1) is 0 Å². The number of methoxy groups -OCH3 is 1. The van der Waals surface area contributed by atoms with E-state index in [1.165, 1.54) is 10.1 Å². The van der Waals surface area contributed by atoms with Crippen LogP contribution in [0, 0.1) is 6.92 Å². The number of anilines is 5. The maximum absolute atomic E-state index is 13.7. The molecule has 1 atom stereocenters. The molecule has 18 heteroatoms. The van der Waals surface area contributed by atoms with E-state index in [0.717, 1.165) is 96.3 Å². The fourth-order valence-electron chi connectivity index (χ4n) is 9.14. The number of piperidine rings is 2. The van der Waals surface area contributed by atoms with Gasteiger partial charge in [0.25, 0.3) is 0 Å². The number of benzene rings is 3. The summed E-state index contributed by atoms with van der Waals surface area (Å²) < 4.78 is 27.4. The summed E-state index contributed by atoms with van der Waals surface area (Å²) in [6, 6.07) is 15.6. The van der Waals surface area contributed by atoms with Gasteiger partial charge in [0.2, 0.25) is 17.8 Å². The number of aryl methyl sites for hydroxylation is 3. The van der Waals surface area contributed by atoms with Crippen LogP contribution in [0.3, 0.4) is 0 Å². The van der Waals surface area contributed by atoms with Crippen molar-refractivity contribution in [2.45, 2.75) is 77.8 Å². The summed E-state index contributed by atoms with van der Waals surface area (Å²) in [5, 5.41) is 18.0. The summed E-state index contributed by atoms with van der Waals surface area (Å²) in [6.07, 6.45) is 6.43. The number of imide groups is 1. The van der Waals surface area contributed by atoms with Gasteiger partial charge in [-0.2, -0.15) is 4.98 Å². The normalized spacial score (nSPS) is 16.0. The van der Waals surface area contributed by atoms with Crippen LogP contribution in [0.4, 0.5) is 28.8 Å². The summed E-state index contributed by atoms with van der Waals surface area (Å²) in [7, 11) is -1.07. The number of carbonyl (C=O) groups excluding carboxylic acids is 2. The van der Waals surface area contributed by atoms with Gasteiger partial charge < -0.3 is 39.9 Å². The van der Waals surface area contributed by atoms with Gasteiger partial charge >= 0.3 is 5.76 Å². The Labute approximate surface area is 392 Å². The lowest BCUT2D eigenvalue weighted by Crippen LogP contribution is -2.44. The Morgan fingerprint density at radius 3 is 2.45 bits per heavy atom. The molecule has 2 amide bonds. The molecule has 2 aliphatic heterocycles. The number of ether oxygens (including phenoxy) is 1. The van der Waals surface area contributed by atoms with Gasteiger partial charge in [-0.05, 0) is 128 Å². The molecule has 5 heterocycles. The molecular formula is C48H58BrN10O6P. The van der Waals surface area contributed by atoms with Crippen LogP contribution in [0.1, 0.15) is 68.0 Å². The Morgan fingerprint density at radius 1 is 0.924 bits per heavy atom. The Balaban J connectivity index is 0.858. The number of amides is 2. The lowest BCUT2D eigenvalue weighted by atomic mass is 10.0. The zero-order chi connectivity index (χ0) is 46.7. The van der Waals surface area contributed by atoms with Crippen LogP contribution >= 0.6 is 23.1 Å². The zero-order valence-corrected chi connectivity index (χ0v) is 40.8. The quantitative estimate of drug-likeness (QED) is 0.0348. The van der Waals surface area contributed by atoms with Crippen LogP contribution in [0.5, 0.6) is 5.75 Å². The van der Waals surface area contributed by atoms with Crippen LogP contribution in [0.15, 0.2) is 68.4 Å². The molecule has 2 fully saturated rings. The summed E-state index contributed by atoms with van der Waals surface area (Å²) in [5.41, 5.74) is 8.53. The minimum Gasteiger partial charge on any atom is -0.494 e. The number of oxazole rings is 1. The first-order chi connectivity index (χ1) is 31.7. The van der Waals surface area contributed by atoms with Crippen molar-refractivity contribution in [2.75, 3.05) is 68.7 Å². The van der Waals surface area contributed by atoms with E-state index in [0.29, 0.717) is 57.8 Å². The number of aromatic nitrogens is 4. The second-order valence-electron chi connectivity index (χ2n) is 17.4. The van der Waals surface area contributed by atoms with Crippen molar-refractivity contribution in [3.05, 3.63) is 92.1 Å². The first-order valence-electron chi connectivity index (χ1n) is 22.7. The van der Waals surface area contributed by atoms with Gasteiger partial charge in [0.1, 0.15) is 24.8 Å². The number of carbonyl (C=O) groups is 2. The molecule has 6 aromatic rings. The molecule has 0 radical (unpaired) electrons. The number of fused-ring (bicyclic) bond motifs is 2. The summed E-state index contributed by atoms with van der Waals surface area (Å²) in [5.74, 6) is 0.196. The molecule has 8 rings (SSSR count). The highest BCUT2D eigenvalue weighted by Crippen LogP contribution is 2.42. The highest BCUT2D eigenvalue weighted by molar-refractivity contribution is 9.10. The molecule has 0 bridgehead atoms. The Bertz CT molecular complexity index is 2910. The van der Waals surface area contributed by atoms with E-state index in [2.05, 4.69) is 78.4 Å².